The standard InChI is InChI=1S/C25H26N2O4/c1-4-27(21-8-6-5-7-9-21)24(28)16-18-10-13-20(14-11-18)26-25(29)19-12-15-22(30-2)23(17-19)31-3/h5-15,17H,4,16H2,1-3H3,(H,26,29). The summed E-state index contributed by atoms with van der Waals surface area (Å²) < 4.78 is 10.4. The molecule has 2 amide bonds. The Morgan fingerprint density at radius 1 is 0.871 bits per heavy atom. The lowest BCUT2D eigenvalue weighted by atomic mass is 10.1. The molecular weight excluding hydrogens is 392 g/mol. The third-order valence-corrected chi connectivity index (χ3v) is 4.90. The van der Waals surface area contributed by atoms with E-state index in [-0.39, 0.29) is 18.2 Å². The Kier molecular flexibility index (Phi) is 7.27. The molecule has 3 rings (SSSR count). The lowest BCUT2D eigenvalue weighted by Crippen LogP contribution is -2.31. The highest BCUT2D eigenvalue weighted by Crippen LogP contribution is 2.28. The maximum Gasteiger partial charge on any atom is 0.255 e. The fourth-order valence-corrected chi connectivity index (χ4v) is 3.27. The first-order valence-electron chi connectivity index (χ1n) is 10.0. The van der Waals surface area contributed by atoms with Crippen molar-refractivity contribution in [3.05, 3.63) is 83.9 Å². The third kappa shape index (κ3) is 5.42. The van der Waals surface area contributed by atoms with Crippen LogP contribution in [-0.4, -0.2) is 32.6 Å². The molecule has 0 radical (unpaired) electrons. The van der Waals surface area contributed by atoms with E-state index < -0.39 is 0 Å². The van der Waals surface area contributed by atoms with Gasteiger partial charge >= 0.3 is 0 Å². The Balaban J connectivity index is 1.65. The van der Waals surface area contributed by atoms with Gasteiger partial charge < -0.3 is 19.7 Å². The van der Waals surface area contributed by atoms with Crippen LogP contribution in [0.5, 0.6) is 11.5 Å². The molecule has 0 aliphatic rings. The molecule has 0 spiro atoms. The zero-order valence-corrected chi connectivity index (χ0v) is 17.9. The van der Waals surface area contributed by atoms with E-state index in [2.05, 4.69) is 5.32 Å². The Morgan fingerprint density at radius 2 is 1.55 bits per heavy atom. The van der Waals surface area contributed by atoms with Gasteiger partial charge in [0.05, 0.1) is 20.6 Å². The van der Waals surface area contributed by atoms with Gasteiger partial charge in [-0.25, -0.2) is 0 Å². The van der Waals surface area contributed by atoms with Gasteiger partial charge in [-0.05, 0) is 55.0 Å². The van der Waals surface area contributed by atoms with Crippen molar-refractivity contribution >= 4 is 23.2 Å². The highest BCUT2D eigenvalue weighted by atomic mass is 16.5. The first-order chi connectivity index (χ1) is 15.0. The van der Waals surface area contributed by atoms with Crippen molar-refractivity contribution < 1.29 is 19.1 Å². The number of para-hydroxylation sites is 1. The van der Waals surface area contributed by atoms with E-state index in [1.165, 1.54) is 7.11 Å². The molecule has 0 aliphatic heterocycles. The SMILES string of the molecule is CCN(C(=O)Cc1ccc(NC(=O)c2ccc(OC)c(OC)c2)cc1)c1ccccc1. The fourth-order valence-electron chi connectivity index (χ4n) is 3.27. The maximum absolute atomic E-state index is 12.7. The third-order valence-electron chi connectivity index (χ3n) is 4.90. The average molecular weight is 418 g/mol. The largest absolute Gasteiger partial charge is 0.493 e. The number of carbonyl (C=O) groups is 2. The highest BCUT2D eigenvalue weighted by molar-refractivity contribution is 6.04. The summed E-state index contributed by atoms with van der Waals surface area (Å²) in [7, 11) is 3.07. The van der Waals surface area contributed by atoms with Gasteiger partial charge in [0, 0.05) is 23.5 Å². The molecule has 1 N–H and O–H groups in total. The molecule has 0 atom stereocenters. The quantitative estimate of drug-likeness (QED) is 0.583. The predicted molar refractivity (Wildman–Crippen MR) is 122 cm³/mol. The fraction of sp³-hybridized carbons (Fsp3) is 0.200. The summed E-state index contributed by atoms with van der Waals surface area (Å²) in [6.45, 7) is 2.56. The van der Waals surface area contributed by atoms with Crippen molar-refractivity contribution in [3.63, 3.8) is 0 Å². The predicted octanol–water partition coefficient (Wildman–Crippen LogP) is 4.55. The van der Waals surface area contributed by atoms with E-state index in [1.54, 1.807) is 42.3 Å². The van der Waals surface area contributed by atoms with Crippen LogP contribution in [0, 0.1) is 0 Å². The first kappa shape index (κ1) is 21.9. The molecule has 6 heteroatoms. The normalized spacial score (nSPS) is 10.3. The molecule has 0 heterocycles. The number of ether oxygens (including phenoxy) is 2. The molecular formula is C25H26N2O4. The van der Waals surface area contributed by atoms with E-state index in [0.717, 1.165) is 11.3 Å². The molecule has 160 valence electrons. The minimum absolute atomic E-state index is 0.0239. The van der Waals surface area contributed by atoms with Gasteiger partial charge in [-0.1, -0.05) is 30.3 Å². The summed E-state index contributed by atoms with van der Waals surface area (Å²) >= 11 is 0. The number of nitrogens with zero attached hydrogens (tertiary/aromatic N) is 1. The molecule has 6 nitrogen and oxygen atoms in total. The van der Waals surface area contributed by atoms with Crippen LogP contribution in [0.15, 0.2) is 72.8 Å². The first-order valence-corrected chi connectivity index (χ1v) is 10.0. The summed E-state index contributed by atoms with van der Waals surface area (Å²) in [5.41, 5.74) is 2.86. The molecule has 0 saturated carbocycles. The van der Waals surface area contributed by atoms with E-state index >= 15 is 0 Å². The average Bonchev–Trinajstić information content (AvgIpc) is 2.81. The number of carbonyl (C=O) groups excluding carboxylic acids is 2. The van der Waals surface area contributed by atoms with Crippen LogP contribution < -0.4 is 19.7 Å². The number of methoxy groups -OCH3 is 2. The number of benzene rings is 3. The Morgan fingerprint density at radius 3 is 2.16 bits per heavy atom. The van der Waals surface area contributed by atoms with Crippen LogP contribution in [0.3, 0.4) is 0 Å². The van der Waals surface area contributed by atoms with E-state index in [1.807, 2.05) is 49.4 Å². The number of hydrogen-bond acceptors (Lipinski definition) is 4. The smallest absolute Gasteiger partial charge is 0.255 e. The number of likely N-dealkylation sites (N-methyl/N-ethyl adjacent to an activating group) is 1. The second-order valence-electron chi connectivity index (χ2n) is 6.87. The van der Waals surface area contributed by atoms with Crippen LogP contribution in [0.1, 0.15) is 22.8 Å². The van der Waals surface area contributed by atoms with Crippen molar-refractivity contribution in [2.45, 2.75) is 13.3 Å². The van der Waals surface area contributed by atoms with Crippen molar-refractivity contribution in [1.29, 1.82) is 0 Å². The number of rotatable bonds is 8. The minimum Gasteiger partial charge on any atom is -0.493 e. The number of nitrogens with one attached hydrogen (secondary N) is 1. The number of anilines is 2. The molecule has 0 saturated heterocycles. The van der Waals surface area contributed by atoms with Crippen LogP contribution in [-0.2, 0) is 11.2 Å². The molecule has 0 bridgehead atoms. The lowest BCUT2D eigenvalue weighted by Gasteiger charge is -2.21. The topological polar surface area (TPSA) is 67.9 Å². The van der Waals surface area contributed by atoms with Crippen molar-refractivity contribution in [2.75, 3.05) is 31.0 Å². The van der Waals surface area contributed by atoms with Gasteiger partial charge in [-0.3, -0.25) is 9.59 Å². The molecule has 0 aromatic heterocycles. The lowest BCUT2D eigenvalue weighted by molar-refractivity contribution is -0.117. The van der Waals surface area contributed by atoms with Crippen molar-refractivity contribution in [1.82, 2.24) is 0 Å². The van der Waals surface area contributed by atoms with E-state index in [0.29, 0.717) is 29.3 Å². The summed E-state index contributed by atoms with van der Waals surface area (Å²) in [5.74, 6) is 0.814. The minimum atomic E-state index is -0.258. The van der Waals surface area contributed by atoms with E-state index in [9.17, 15) is 9.59 Å². The zero-order valence-electron chi connectivity index (χ0n) is 17.9. The summed E-state index contributed by atoms with van der Waals surface area (Å²) in [6.07, 6.45) is 0.284. The van der Waals surface area contributed by atoms with Crippen LogP contribution in [0.4, 0.5) is 11.4 Å². The maximum atomic E-state index is 12.7. The van der Waals surface area contributed by atoms with Gasteiger partial charge in [-0.15, -0.1) is 0 Å². The molecule has 0 aliphatic carbocycles. The van der Waals surface area contributed by atoms with Gasteiger partial charge in [0.2, 0.25) is 5.91 Å². The van der Waals surface area contributed by atoms with Crippen LogP contribution in [0.25, 0.3) is 0 Å². The van der Waals surface area contributed by atoms with Gasteiger partial charge in [-0.2, -0.15) is 0 Å². The Labute approximate surface area is 182 Å². The number of amides is 2. The van der Waals surface area contributed by atoms with Gasteiger partial charge in [0.1, 0.15) is 0 Å². The molecule has 3 aromatic carbocycles. The molecule has 0 unspecified atom stereocenters. The van der Waals surface area contributed by atoms with Crippen molar-refractivity contribution in [2.24, 2.45) is 0 Å². The molecule has 31 heavy (non-hydrogen) atoms. The molecule has 3 aromatic rings. The monoisotopic (exact) mass is 418 g/mol. The van der Waals surface area contributed by atoms with E-state index in [4.69, 9.17) is 9.47 Å². The van der Waals surface area contributed by atoms with Gasteiger partial charge in [0.15, 0.2) is 11.5 Å². The molecule has 0 fully saturated rings. The highest BCUT2D eigenvalue weighted by Gasteiger charge is 2.15. The van der Waals surface area contributed by atoms with Crippen LogP contribution >= 0.6 is 0 Å². The second-order valence-corrected chi connectivity index (χ2v) is 6.87. The zero-order chi connectivity index (χ0) is 22.2. The summed E-state index contributed by atoms with van der Waals surface area (Å²) in [6, 6.07) is 21.9. The Hall–Kier alpha value is -3.80. The van der Waals surface area contributed by atoms with Crippen molar-refractivity contribution in [3.8, 4) is 11.5 Å². The summed E-state index contributed by atoms with van der Waals surface area (Å²) in [4.78, 5) is 27.1. The van der Waals surface area contributed by atoms with Crippen LogP contribution in [0.2, 0.25) is 0 Å². The second kappa shape index (κ2) is 10.3. The van der Waals surface area contributed by atoms with Gasteiger partial charge in [0.25, 0.3) is 5.91 Å². The Bertz CT molecular complexity index is 1030. The number of hydrogen-bond donors (Lipinski definition) is 1. The summed E-state index contributed by atoms with van der Waals surface area (Å²) in [5, 5.41) is 2.86.